The van der Waals surface area contributed by atoms with Crippen molar-refractivity contribution in [2.45, 2.75) is 0 Å². The summed E-state index contributed by atoms with van der Waals surface area (Å²) >= 11 is 0. The molecule has 0 amide bonds. The lowest BCUT2D eigenvalue weighted by Gasteiger charge is -2.05. The highest BCUT2D eigenvalue weighted by Gasteiger charge is 2.11. The van der Waals surface area contributed by atoms with Gasteiger partial charge >= 0.3 is 0 Å². The molecular formula is C18H16O5. The predicted molar refractivity (Wildman–Crippen MR) is 86.0 cm³/mol. The SMILES string of the molecule is COc1ccc(-c2ccc(-c3ccc(OC)c(O)c3)o2)cc1O. The third-order valence-corrected chi connectivity index (χ3v) is 3.53. The van der Waals surface area contributed by atoms with E-state index >= 15 is 0 Å². The maximum absolute atomic E-state index is 9.86. The van der Waals surface area contributed by atoms with Crippen LogP contribution < -0.4 is 9.47 Å². The monoisotopic (exact) mass is 312 g/mol. The van der Waals surface area contributed by atoms with Gasteiger partial charge in [-0.15, -0.1) is 0 Å². The van der Waals surface area contributed by atoms with Crippen molar-refractivity contribution in [2.75, 3.05) is 14.2 Å². The van der Waals surface area contributed by atoms with Crippen LogP contribution in [0, 0.1) is 0 Å². The number of methoxy groups -OCH3 is 2. The summed E-state index contributed by atoms with van der Waals surface area (Å²) < 4.78 is 15.9. The van der Waals surface area contributed by atoms with Gasteiger partial charge in [-0.2, -0.15) is 0 Å². The highest BCUT2D eigenvalue weighted by Crippen LogP contribution is 2.36. The molecule has 1 aromatic heterocycles. The van der Waals surface area contributed by atoms with E-state index in [2.05, 4.69) is 0 Å². The molecule has 0 saturated carbocycles. The fraction of sp³-hybridized carbons (Fsp3) is 0.111. The third-order valence-electron chi connectivity index (χ3n) is 3.53. The molecule has 0 aliphatic heterocycles. The van der Waals surface area contributed by atoms with Gasteiger partial charge in [0, 0.05) is 11.1 Å². The molecule has 0 aliphatic carbocycles. The van der Waals surface area contributed by atoms with E-state index in [1.54, 1.807) is 48.5 Å². The van der Waals surface area contributed by atoms with Crippen molar-refractivity contribution in [2.24, 2.45) is 0 Å². The zero-order valence-electron chi connectivity index (χ0n) is 12.7. The molecule has 0 radical (unpaired) electrons. The second-order valence-corrected chi connectivity index (χ2v) is 4.94. The van der Waals surface area contributed by atoms with Crippen LogP contribution in [-0.2, 0) is 0 Å². The first-order valence-corrected chi connectivity index (χ1v) is 6.97. The molecular weight excluding hydrogens is 296 g/mol. The molecule has 0 saturated heterocycles. The molecule has 2 aromatic carbocycles. The van der Waals surface area contributed by atoms with Gasteiger partial charge in [-0.05, 0) is 48.5 Å². The van der Waals surface area contributed by atoms with Crippen molar-refractivity contribution in [1.29, 1.82) is 0 Å². The van der Waals surface area contributed by atoms with E-state index in [-0.39, 0.29) is 11.5 Å². The van der Waals surface area contributed by atoms with Crippen molar-refractivity contribution < 1.29 is 24.1 Å². The van der Waals surface area contributed by atoms with Gasteiger partial charge in [0.25, 0.3) is 0 Å². The summed E-state index contributed by atoms with van der Waals surface area (Å²) in [4.78, 5) is 0. The van der Waals surface area contributed by atoms with Crippen LogP contribution in [0.5, 0.6) is 23.0 Å². The third kappa shape index (κ3) is 2.81. The molecule has 118 valence electrons. The van der Waals surface area contributed by atoms with Crippen LogP contribution in [0.4, 0.5) is 0 Å². The molecule has 0 unspecified atom stereocenters. The maximum Gasteiger partial charge on any atom is 0.160 e. The molecule has 0 atom stereocenters. The second-order valence-electron chi connectivity index (χ2n) is 4.94. The van der Waals surface area contributed by atoms with E-state index in [4.69, 9.17) is 13.9 Å². The number of phenolic OH excluding ortho intramolecular Hbond substituents is 2. The zero-order valence-corrected chi connectivity index (χ0v) is 12.7. The van der Waals surface area contributed by atoms with E-state index in [0.29, 0.717) is 23.0 Å². The summed E-state index contributed by atoms with van der Waals surface area (Å²) in [7, 11) is 2.99. The summed E-state index contributed by atoms with van der Waals surface area (Å²) in [6, 6.07) is 13.7. The first-order chi connectivity index (χ1) is 11.1. The van der Waals surface area contributed by atoms with Crippen molar-refractivity contribution in [1.82, 2.24) is 0 Å². The smallest absolute Gasteiger partial charge is 0.160 e. The van der Waals surface area contributed by atoms with Crippen molar-refractivity contribution in [3.8, 4) is 45.6 Å². The zero-order chi connectivity index (χ0) is 16.4. The number of hydrogen-bond acceptors (Lipinski definition) is 5. The lowest BCUT2D eigenvalue weighted by molar-refractivity contribution is 0.373. The highest BCUT2D eigenvalue weighted by atomic mass is 16.5. The molecule has 5 nitrogen and oxygen atoms in total. The van der Waals surface area contributed by atoms with Crippen LogP contribution in [0.2, 0.25) is 0 Å². The summed E-state index contributed by atoms with van der Waals surface area (Å²) in [5.74, 6) is 2.11. The van der Waals surface area contributed by atoms with Gasteiger partial charge in [0.05, 0.1) is 14.2 Å². The topological polar surface area (TPSA) is 72.1 Å². The Balaban J connectivity index is 1.94. The number of benzene rings is 2. The normalized spacial score (nSPS) is 10.5. The summed E-state index contributed by atoms with van der Waals surface area (Å²) in [5.41, 5.74) is 1.46. The minimum atomic E-state index is 0.0463. The van der Waals surface area contributed by atoms with Gasteiger partial charge in [0.2, 0.25) is 0 Å². The van der Waals surface area contributed by atoms with Crippen molar-refractivity contribution in [3.05, 3.63) is 48.5 Å². The van der Waals surface area contributed by atoms with Crippen LogP contribution in [0.3, 0.4) is 0 Å². The van der Waals surface area contributed by atoms with Gasteiger partial charge in [-0.1, -0.05) is 0 Å². The Morgan fingerprint density at radius 3 is 1.48 bits per heavy atom. The molecule has 0 spiro atoms. The van der Waals surface area contributed by atoms with Gasteiger partial charge in [-0.3, -0.25) is 0 Å². The van der Waals surface area contributed by atoms with E-state index in [0.717, 1.165) is 11.1 Å². The average Bonchev–Trinajstić information content (AvgIpc) is 3.04. The minimum absolute atomic E-state index is 0.0463. The quantitative estimate of drug-likeness (QED) is 0.760. The Morgan fingerprint density at radius 2 is 1.13 bits per heavy atom. The van der Waals surface area contributed by atoms with Gasteiger partial charge in [0.15, 0.2) is 23.0 Å². The Kier molecular flexibility index (Phi) is 3.85. The van der Waals surface area contributed by atoms with Crippen LogP contribution >= 0.6 is 0 Å². The largest absolute Gasteiger partial charge is 0.504 e. The number of hydrogen-bond donors (Lipinski definition) is 2. The molecule has 0 bridgehead atoms. The highest BCUT2D eigenvalue weighted by molar-refractivity contribution is 5.68. The average molecular weight is 312 g/mol. The number of ether oxygens (including phenoxy) is 2. The van der Waals surface area contributed by atoms with Gasteiger partial charge in [0.1, 0.15) is 11.5 Å². The molecule has 3 aromatic rings. The molecule has 0 fully saturated rings. The Labute approximate surface area is 133 Å². The van der Waals surface area contributed by atoms with Crippen LogP contribution in [0.1, 0.15) is 0 Å². The van der Waals surface area contributed by atoms with Crippen LogP contribution in [0.25, 0.3) is 22.6 Å². The maximum atomic E-state index is 9.86. The van der Waals surface area contributed by atoms with E-state index in [1.807, 2.05) is 0 Å². The fourth-order valence-electron chi connectivity index (χ4n) is 2.33. The summed E-state index contributed by atoms with van der Waals surface area (Å²) in [5, 5.41) is 19.7. The van der Waals surface area contributed by atoms with Crippen molar-refractivity contribution in [3.63, 3.8) is 0 Å². The molecule has 5 heteroatoms. The first-order valence-electron chi connectivity index (χ1n) is 6.97. The summed E-state index contributed by atoms with van der Waals surface area (Å²) in [6.07, 6.45) is 0. The Bertz CT molecular complexity index is 767. The minimum Gasteiger partial charge on any atom is -0.504 e. The Morgan fingerprint density at radius 1 is 0.696 bits per heavy atom. The molecule has 23 heavy (non-hydrogen) atoms. The number of aromatic hydroxyl groups is 2. The second kappa shape index (κ2) is 5.96. The molecule has 1 heterocycles. The number of furan rings is 1. The fourth-order valence-corrected chi connectivity index (χ4v) is 2.33. The Hall–Kier alpha value is -3.08. The first kappa shape index (κ1) is 14.8. The number of phenols is 2. The summed E-state index contributed by atoms with van der Waals surface area (Å²) in [6.45, 7) is 0. The molecule has 0 aliphatic rings. The van der Waals surface area contributed by atoms with Crippen LogP contribution in [0.15, 0.2) is 52.9 Å². The van der Waals surface area contributed by atoms with E-state index < -0.39 is 0 Å². The van der Waals surface area contributed by atoms with Crippen LogP contribution in [-0.4, -0.2) is 24.4 Å². The standard InChI is InChI=1S/C18H16O5/c1-21-17-5-3-11(9-13(17)19)15-7-8-16(23-15)12-4-6-18(22-2)14(20)10-12/h3-10,19-20H,1-2H3. The molecule has 3 rings (SSSR count). The van der Waals surface area contributed by atoms with E-state index in [9.17, 15) is 10.2 Å². The lowest BCUT2D eigenvalue weighted by Crippen LogP contribution is -1.84. The predicted octanol–water partition coefficient (Wildman–Crippen LogP) is 4.04. The van der Waals surface area contributed by atoms with Gasteiger partial charge < -0.3 is 24.1 Å². The van der Waals surface area contributed by atoms with E-state index in [1.165, 1.54) is 14.2 Å². The lowest BCUT2D eigenvalue weighted by atomic mass is 10.1. The van der Waals surface area contributed by atoms with Crippen molar-refractivity contribution >= 4 is 0 Å². The number of rotatable bonds is 4. The van der Waals surface area contributed by atoms with Gasteiger partial charge in [-0.25, -0.2) is 0 Å². The molecule has 2 N–H and O–H groups in total.